The van der Waals surface area contributed by atoms with Crippen LogP contribution in [-0.4, -0.2) is 42.2 Å². The maximum absolute atomic E-state index is 14.3. The van der Waals surface area contributed by atoms with Gasteiger partial charge in [0, 0.05) is 41.6 Å². The molecule has 0 unspecified atom stereocenters. The first-order valence-electron chi connectivity index (χ1n) is 14.6. The minimum atomic E-state index is -1.35. The first-order chi connectivity index (χ1) is 21.5. The zero-order valence-corrected chi connectivity index (χ0v) is 25.8. The number of hydrogen-bond donors (Lipinski definition) is 2. The average Bonchev–Trinajstić information content (AvgIpc) is 3.43. The Labute approximate surface area is 265 Å². The molecule has 5 rings (SSSR count). The van der Waals surface area contributed by atoms with E-state index in [-0.39, 0.29) is 31.3 Å². The van der Waals surface area contributed by atoms with Gasteiger partial charge in [-0.15, -0.1) is 0 Å². The monoisotopic (exact) mass is 656 g/mol. The minimum Gasteiger partial charge on any atom is -0.494 e. The Morgan fingerprint density at radius 2 is 1.73 bits per heavy atom. The van der Waals surface area contributed by atoms with Crippen LogP contribution in [0.4, 0.5) is 4.39 Å². The molecule has 2 atom stereocenters. The van der Waals surface area contributed by atoms with Gasteiger partial charge in [-0.25, -0.2) is 9.38 Å². The Morgan fingerprint density at radius 1 is 1.00 bits per heavy atom. The van der Waals surface area contributed by atoms with Crippen LogP contribution < -0.4 is 10.1 Å². The number of aliphatic hydroxyl groups is 1. The molecule has 1 amide bonds. The molecule has 44 heavy (non-hydrogen) atoms. The zero-order chi connectivity index (χ0) is 30.8. The van der Waals surface area contributed by atoms with Crippen molar-refractivity contribution in [3.05, 3.63) is 142 Å². The van der Waals surface area contributed by atoms with E-state index in [2.05, 4.69) is 21.2 Å². The van der Waals surface area contributed by atoms with Crippen molar-refractivity contribution >= 4 is 33.8 Å². The molecule has 6 nitrogen and oxygen atoms in total. The Bertz CT molecular complexity index is 1610. The summed E-state index contributed by atoms with van der Waals surface area (Å²) < 4.78 is 27.4. The average molecular weight is 658 g/mol. The molecule has 8 heteroatoms. The maximum atomic E-state index is 14.3. The predicted molar refractivity (Wildman–Crippen MR) is 174 cm³/mol. The number of nitrogens with one attached hydrogen (secondary N) is 1. The lowest BCUT2D eigenvalue weighted by Crippen LogP contribution is -2.48. The van der Waals surface area contributed by atoms with E-state index in [4.69, 9.17) is 19.6 Å². The summed E-state index contributed by atoms with van der Waals surface area (Å²) in [5.74, 6) is 0.379. The molecule has 0 aliphatic carbocycles. The predicted octanol–water partition coefficient (Wildman–Crippen LogP) is 7.07. The summed E-state index contributed by atoms with van der Waals surface area (Å²) in [6.07, 6.45) is 4.30. The molecule has 1 aliphatic heterocycles. The van der Waals surface area contributed by atoms with Crippen molar-refractivity contribution in [3.63, 3.8) is 0 Å². The van der Waals surface area contributed by atoms with E-state index in [0.29, 0.717) is 42.2 Å². The summed E-state index contributed by atoms with van der Waals surface area (Å²) in [6.45, 7) is 0.695. The van der Waals surface area contributed by atoms with E-state index < -0.39 is 11.6 Å². The van der Waals surface area contributed by atoms with Crippen LogP contribution in [0.2, 0.25) is 0 Å². The molecule has 0 saturated carbocycles. The number of nitrogens with zero attached hydrogens (tertiary/aromatic N) is 1. The van der Waals surface area contributed by atoms with Crippen LogP contribution in [0.5, 0.6) is 5.75 Å². The number of aliphatic hydroxyl groups excluding tert-OH is 1. The molecule has 4 aromatic rings. The summed E-state index contributed by atoms with van der Waals surface area (Å²) in [7, 11) is 0. The number of ether oxygens (including phenoxy) is 2. The second-order valence-electron chi connectivity index (χ2n) is 10.4. The third-order valence-electron chi connectivity index (χ3n) is 7.39. The summed E-state index contributed by atoms with van der Waals surface area (Å²) in [6, 6.07) is 31.4. The number of halogens is 2. The van der Waals surface area contributed by atoms with E-state index in [1.54, 1.807) is 18.2 Å². The van der Waals surface area contributed by atoms with Crippen molar-refractivity contribution in [3.8, 4) is 5.75 Å². The van der Waals surface area contributed by atoms with Crippen molar-refractivity contribution in [2.75, 3.05) is 19.8 Å². The molecular formula is C36H34BrFN2O4. The SMILES string of the molecule is O=C(NCCc1ccccc1F)[C@]1(C/C=C/c2ccccc2)N=C(c2ccc(OCCCO)cc2)O[C@@H]1c1ccccc1Br. The van der Waals surface area contributed by atoms with Crippen molar-refractivity contribution in [1.82, 2.24) is 5.32 Å². The number of rotatable bonds is 13. The molecule has 0 fully saturated rings. The van der Waals surface area contributed by atoms with E-state index in [9.17, 15) is 9.18 Å². The molecule has 1 heterocycles. The number of benzene rings is 4. The number of amides is 1. The van der Waals surface area contributed by atoms with Crippen LogP contribution in [-0.2, 0) is 16.0 Å². The van der Waals surface area contributed by atoms with Crippen LogP contribution in [0.15, 0.2) is 119 Å². The lowest BCUT2D eigenvalue weighted by Gasteiger charge is -2.30. The van der Waals surface area contributed by atoms with Gasteiger partial charge < -0.3 is 19.9 Å². The van der Waals surface area contributed by atoms with Crippen LogP contribution in [0.3, 0.4) is 0 Å². The second kappa shape index (κ2) is 14.9. The molecule has 0 spiro atoms. The lowest BCUT2D eigenvalue weighted by atomic mass is 9.84. The normalized spacial score (nSPS) is 17.7. The van der Waals surface area contributed by atoms with Gasteiger partial charge in [0.15, 0.2) is 11.6 Å². The highest BCUT2D eigenvalue weighted by atomic mass is 79.9. The highest BCUT2D eigenvalue weighted by Gasteiger charge is 2.53. The molecule has 4 aromatic carbocycles. The summed E-state index contributed by atoms with van der Waals surface area (Å²) in [5.41, 5.74) is 1.66. The molecule has 0 bridgehead atoms. The fourth-order valence-corrected chi connectivity index (χ4v) is 5.58. The van der Waals surface area contributed by atoms with Gasteiger partial charge in [0.1, 0.15) is 11.6 Å². The Morgan fingerprint density at radius 3 is 2.48 bits per heavy atom. The fraction of sp³-hybridized carbons (Fsp3) is 0.222. The molecule has 226 valence electrons. The van der Waals surface area contributed by atoms with E-state index in [0.717, 1.165) is 15.6 Å². The molecule has 0 saturated heterocycles. The van der Waals surface area contributed by atoms with E-state index >= 15 is 0 Å². The Balaban J connectivity index is 1.50. The quantitative estimate of drug-likeness (QED) is 0.151. The van der Waals surface area contributed by atoms with Crippen molar-refractivity contribution in [2.24, 2.45) is 4.99 Å². The van der Waals surface area contributed by atoms with Gasteiger partial charge in [0.2, 0.25) is 5.90 Å². The summed E-state index contributed by atoms with van der Waals surface area (Å²) >= 11 is 3.66. The van der Waals surface area contributed by atoms with Gasteiger partial charge in [-0.1, -0.05) is 94.8 Å². The van der Waals surface area contributed by atoms with Gasteiger partial charge in [0.05, 0.1) is 6.61 Å². The van der Waals surface area contributed by atoms with Gasteiger partial charge in [-0.2, -0.15) is 0 Å². The molecule has 0 radical (unpaired) electrons. The minimum absolute atomic E-state index is 0.0579. The first kappa shape index (κ1) is 31.2. The fourth-order valence-electron chi connectivity index (χ4n) is 5.08. The Hall–Kier alpha value is -4.27. The number of carbonyl (C=O) groups excluding carboxylic acids is 1. The van der Waals surface area contributed by atoms with Crippen molar-refractivity contribution in [2.45, 2.75) is 30.9 Å². The lowest BCUT2D eigenvalue weighted by molar-refractivity contribution is -0.128. The second-order valence-corrected chi connectivity index (χ2v) is 11.3. The molecule has 2 N–H and O–H groups in total. The maximum Gasteiger partial charge on any atom is 0.252 e. The van der Waals surface area contributed by atoms with Gasteiger partial charge in [0.25, 0.3) is 5.91 Å². The van der Waals surface area contributed by atoms with Crippen LogP contribution in [0, 0.1) is 5.82 Å². The largest absolute Gasteiger partial charge is 0.494 e. The molecule has 0 aromatic heterocycles. The topological polar surface area (TPSA) is 80.2 Å². The van der Waals surface area contributed by atoms with Gasteiger partial charge in [-0.05, 0) is 53.9 Å². The van der Waals surface area contributed by atoms with E-state index in [1.807, 2.05) is 91.0 Å². The zero-order valence-electron chi connectivity index (χ0n) is 24.2. The smallest absolute Gasteiger partial charge is 0.252 e. The van der Waals surface area contributed by atoms with Gasteiger partial charge >= 0.3 is 0 Å². The number of aliphatic imine (C=N–C) groups is 1. The van der Waals surface area contributed by atoms with Crippen molar-refractivity contribution < 1.29 is 23.8 Å². The highest BCUT2D eigenvalue weighted by molar-refractivity contribution is 9.10. The van der Waals surface area contributed by atoms with E-state index in [1.165, 1.54) is 6.07 Å². The van der Waals surface area contributed by atoms with Crippen LogP contribution >= 0.6 is 15.9 Å². The number of carbonyl (C=O) groups is 1. The molecule has 1 aliphatic rings. The summed E-state index contributed by atoms with van der Waals surface area (Å²) in [5, 5.41) is 12.1. The highest BCUT2D eigenvalue weighted by Crippen LogP contribution is 2.45. The molecular weight excluding hydrogens is 623 g/mol. The summed E-state index contributed by atoms with van der Waals surface area (Å²) in [4.78, 5) is 19.3. The third kappa shape index (κ3) is 7.44. The van der Waals surface area contributed by atoms with Crippen LogP contribution in [0.25, 0.3) is 6.08 Å². The number of hydrogen-bond acceptors (Lipinski definition) is 5. The van der Waals surface area contributed by atoms with Crippen LogP contribution in [0.1, 0.15) is 41.2 Å². The first-order valence-corrected chi connectivity index (χ1v) is 15.4. The van der Waals surface area contributed by atoms with Gasteiger partial charge in [-0.3, -0.25) is 4.79 Å². The third-order valence-corrected chi connectivity index (χ3v) is 8.12. The standard InChI is InChI=1S/C36H34BrFN2O4/c37-31-15-6-5-14-30(31)33-36(22-8-12-26-10-2-1-3-11-26,35(42)39-23-21-27-13-4-7-16-32(27)38)40-34(44-33)28-17-19-29(20-18-28)43-25-9-24-41/h1-8,10-20,33,41H,9,21-25H2,(H,39,42)/b12-8+/t33-,36-/m1/s1. The van der Waals surface area contributed by atoms with Crippen molar-refractivity contribution in [1.29, 1.82) is 0 Å². The Kier molecular flexibility index (Phi) is 10.6.